The molecule has 0 radical (unpaired) electrons. The molecule has 0 N–H and O–H groups in total. The van der Waals surface area contributed by atoms with Crippen molar-refractivity contribution in [1.82, 2.24) is 9.55 Å². The molecule has 29 heavy (non-hydrogen) atoms. The van der Waals surface area contributed by atoms with Crippen LogP contribution in [-0.4, -0.2) is 28.6 Å². The first-order chi connectivity index (χ1) is 13.8. The van der Waals surface area contributed by atoms with Gasteiger partial charge in [0.15, 0.2) is 5.79 Å². The summed E-state index contributed by atoms with van der Waals surface area (Å²) in [7, 11) is 0. The number of fused-ring (bicyclic) bond motifs is 3. The Morgan fingerprint density at radius 2 is 1.86 bits per heavy atom. The summed E-state index contributed by atoms with van der Waals surface area (Å²) in [6, 6.07) is 5.63. The molecule has 1 spiro atoms. The predicted molar refractivity (Wildman–Crippen MR) is 102 cm³/mol. The van der Waals surface area contributed by atoms with Crippen molar-refractivity contribution in [1.29, 1.82) is 0 Å². The van der Waals surface area contributed by atoms with Crippen LogP contribution in [0.4, 0.5) is 13.2 Å². The van der Waals surface area contributed by atoms with Crippen molar-refractivity contribution < 1.29 is 22.6 Å². The van der Waals surface area contributed by atoms with Gasteiger partial charge < -0.3 is 9.47 Å². The Morgan fingerprint density at radius 1 is 1.17 bits per heavy atom. The zero-order valence-corrected chi connectivity index (χ0v) is 16.5. The predicted octanol–water partition coefficient (Wildman–Crippen LogP) is 4.35. The third-order valence-corrected chi connectivity index (χ3v) is 6.62. The Balaban J connectivity index is 1.75. The van der Waals surface area contributed by atoms with Gasteiger partial charge in [-0.1, -0.05) is 11.6 Å². The van der Waals surface area contributed by atoms with E-state index in [0.29, 0.717) is 42.1 Å². The Labute approximate surface area is 171 Å². The topological polar surface area (TPSA) is 53.4 Å². The van der Waals surface area contributed by atoms with Crippen LogP contribution in [0.15, 0.2) is 29.1 Å². The van der Waals surface area contributed by atoms with E-state index in [1.165, 1.54) is 24.3 Å². The number of alkyl halides is 3. The monoisotopic (exact) mass is 442 g/mol. The van der Waals surface area contributed by atoms with Crippen LogP contribution >= 0.6 is 22.9 Å². The first-order valence-electron chi connectivity index (χ1n) is 8.96. The molecule has 0 amide bonds. The third-order valence-electron chi connectivity index (χ3n) is 5.25. The van der Waals surface area contributed by atoms with Crippen LogP contribution in [0.3, 0.4) is 0 Å². The number of halogens is 4. The summed E-state index contributed by atoms with van der Waals surface area (Å²) in [4.78, 5) is 18.0. The van der Waals surface area contributed by atoms with E-state index < -0.39 is 23.3 Å². The molecule has 0 bridgehead atoms. The van der Waals surface area contributed by atoms with Crippen molar-refractivity contribution >= 4 is 33.2 Å². The Kier molecular flexibility index (Phi) is 4.29. The first kappa shape index (κ1) is 19.0. The molecule has 1 aliphatic carbocycles. The van der Waals surface area contributed by atoms with Crippen molar-refractivity contribution in [3.05, 3.63) is 55.9 Å². The van der Waals surface area contributed by atoms with Crippen LogP contribution in [0.1, 0.15) is 22.7 Å². The normalized spacial score (nSPS) is 18.5. The van der Waals surface area contributed by atoms with E-state index in [0.717, 1.165) is 21.8 Å². The minimum Gasteiger partial charge on any atom is -0.347 e. The highest BCUT2D eigenvalue weighted by atomic mass is 35.5. The summed E-state index contributed by atoms with van der Waals surface area (Å²) >= 11 is 6.96. The van der Waals surface area contributed by atoms with Crippen LogP contribution in [0.25, 0.3) is 15.9 Å². The third kappa shape index (κ3) is 3.07. The minimum absolute atomic E-state index is 0.0656. The number of ether oxygens (including phenoxy) is 2. The minimum atomic E-state index is -4.80. The number of rotatable bonds is 1. The molecular weight excluding hydrogens is 429 g/mol. The van der Waals surface area contributed by atoms with E-state index in [-0.39, 0.29) is 15.9 Å². The number of nitrogens with zero attached hydrogens (tertiary/aromatic N) is 2. The van der Waals surface area contributed by atoms with E-state index in [9.17, 15) is 18.0 Å². The van der Waals surface area contributed by atoms with Crippen molar-refractivity contribution in [2.24, 2.45) is 0 Å². The van der Waals surface area contributed by atoms with Gasteiger partial charge in [-0.15, -0.1) is 11.3 Å². The van der Waals surface area contributed by atoms with Gasteiger partial charge in [-0.25, -0.2) is 4.98 Å². The van der Waals surface area contributed by atoms with E-state index in [2.05, 4.69) is 4.98 Å². The SMILES string of the molecule is O=c1c2c3c(sc2nc(C(F)(F)F)n1-c1ccc(Cl)cc1)CC1(CC3)OCCO1. The number of thiophene rings is 1. The maximum Gasteiger partial charge on any atom is 0.450 e. The highest BCUT2D eigenvalue weighted by molar-refractivity contribution is 7.18. The smallest absolute Gasteiger partial charge is 0.347 e. The van der Waals surface area contributed by atoms with Crippen LogP contribution in [0.5, 0.6) is 0 Å². The fraction of sp³-hybridized carbons (Fsp3) is 0.368. The van der Waals surface area contributed by atoms with E-state index in [1.807, 2.05) is 0 Å². The molecule has 10 heteroatoms. The summed E-state index contributed by atoms with van der Waals surface area (Å²) in [5.41, 5.74) is 0.0748. The van der Waals surface area contributed by atoms with Crippen molar-refractivity contribution in [3.63, 3.8) is 0 Å². The van der Waals surface area contributed by atoms with Gasteiger partial charge in [-0.3, -0.25) is 9.36 Å². The zero-order chi connectivity index (χ0) is 20.4. The number of aromatic nitrogens is 2. The van der Waals surface area contributed by atoms with Gasteiger partial charge in [-0.2, -0.15) is 13.2 Å². The highest BCUT2D eigenvalue weighted by Gasteiger charge is 2.43. The van der Waals surface area contributed by atoms with Gasteiger partial charge in [0.25, 0.3) is 5.56 Å². The Bertz CT molecular complexity index is 1160. The summed E-state index contributed by atoms with van der Waals surface area (Å²) < 4.78 is 53.4. The molecule has 0 unspecified atom stereocenters. The lowest BCUT2D eigenvalue weighted by atomic mass is 9.92. The number of hydrogen-bond donors (Lipinski definition) is 0. The second-order valence-electron chi connectivity index (χ2n) is 7.02. The maximum atomic E-state index is 13.8. The van der Waals surface area contributed by atoms with Gasteiger partial charge in [0.2, 0.25) is 5.82 Å². The Hall–Kier alpha value is -1.94. The van der Waals surface area contributed by atoms with E-state index >= 15 is 0 Å². The van der Waals surface area contributed by atoms with E-state index in [1.54, 1.807) is 0 Å². The molecule has 3 heterocycles. The standard InChI is InChI=1S/C19H14ClF3N2O3S/c20-10-1-3-11(4-2-10)25-16(26)14-12-5-6-18(27-7-8-28-18)9-13(12)29-15(14)24-17(25)19(21,22)23/h1-4H,5-9H2. The lowest BCUT2D eigenvalue weighted by Crippen LogP contribution is -2.36. The average molecular weight is 443 g/mol. The zero-order valence-electron chi connectivity index (χ0n) is 14.9. The second kappa shape index (κ2) is 6.53. The molecule has 1 aromatic carbocycles. The van der Waals surface area contributed by atoms with Crippen LogP contribution in [0, 0.1) is 0 Å². The van der Waals surface area contributed by atoms with E-state index in [4.69, 9.17) is 21.1 Å². The number of aryl methyl sites for hydroxylation is 1. The Morgan fingerprint density at radius 3 is 2.52 bits per heavy atom. The van der Waals surface area contributed by atoms with Gasteiger partial charge in [0.1, 0.15) is 4.83 Å². The second-order valence-corrected chi connectivity index (χ2v) is 8.54. The molecule has 1 fully saturated rings. The number of hydrogen-bond acceptors (Lipinski definition) is 5. The molecule has 152 valence electrons. The van der Waals surface area contributed by atoms with Gasteiger partial charge in [-0.05, 0) is 36.2 Å². The molecule has 5 nitrogen and oxygen atoms in total. The average Bonchev–Trinajstić information content (AvgIpc) is 3.26. The maximum absolute atomic E-state index is 13.8. The summed E-state index contributed by atoms with van der Waals surface area (Å²) in [5, 5.41) is 0.597. The highest BCUT2D eigenvalue weighted by Crippen LogP contribution is 2.42. The van der Waals surface area contributed by atoms with Crippen LogP contribution in [-0.2, 0) is 28.5 Å². The van der Waals surface area contributed by atoms with Crippen LogP contribution < -0.4 is 5.56 Å². The molecule has 2 aliphatic rings. The van der Waals surface area contributed by atoms with Crippen molar-refractivity contribution in [3.8, 4) is 5.69 Å². The lowest BCUT2D eigenvalue weighted by molar-refractivity contribution is -0.163. The molecule has 1 saturated heterocycles. The molecule has 3 aromatic rings. The van der Waals surface area contributed by atoms with Crippen molar-refractivity contribution in [2.75, 3.05) is 13.2 Å². The van der Waals surface area contributed by atoms with Gasteiger partial charge in [0.05, 0.1) is 24.3 Å². The van der Waals surface area contributed by atoms with Crippen LogP contribution in [0.2, 0.25) is 5.02 Å². The lowest BCUT2D eigenvalue weighted by Gasteiger charge is -2.31. The van der Waals surface area contributed by atoms with Gasteiger partial charge >= 0.3 is 6.18 Å². The fourth-order valence-electron chi connectivity index (χ4n) is 3.97. The largest absolute Gasteiger partial charge is 0.450 e. The number of benzene rings is 1. The van der Waals surface area contributed by atoms with Crippen molar-refractivity contribution in [2.45, 2.75) is 31.2 Å². The fourth-order valence-corrected chi connectivity index (χ4v) is 5.39. The quantitative estimate of drug-likeness (QED) is 0.562. The molecule has 1 aliphatic heterocycles. The summed E-state index contributed by atoms with van der Waals surface area (Å²) in [5.74, 6) is -1.99. The molecule has 5 rings (SSSR count). The molecular formula is C19H14ClF3N2O3S. The van der Waals surface area contributed by atoms with Gasteiger partial charge in [0, 0.05) is 22.7 Å². The first-order valence-corrected chi connectivity index (χ1v) is 10.2. The molecule has 0 atom stereocenters. The molecule has 2 aromatic heterocycles. The summed E-state index contributed by atoms with van der Waals surface area (Å²) in [6.07, 6.45) is -3.35. The summed E-state index contributed by atoms with van der Waals surface area (Å²) in [6.45, 7) is 0.972. The molecule has 0 saturated carbocycles.